The van der Waals surface area contributed by atoms with E-state index in [4.69, 9.17) is 0 Å². The molecule has 0 spiro atoms. The topological polar surface area (TPSA) is 75.5 Å². The van der Waals surface area contributed by atoms with Crippen LogP contribution in [0, 0.1) is 10.1 Å². The first-order valence-electron chi connectivity index (χ1n) is 5.44. The van der Waals surface area contributed by atoms with Crippen LogP contribution in [0.5, 0.6) is 0 Å². The number of piperazine rings is 1. The van der Waals surface area contributed by atoms with Gasteiger partial charge in [0.1, 0.15) is 0 Å². The lowest BCUT2D eigenvalue weighted by molar-refractivity contribution is -0.428. The van der Waals surface area contributed by atoms with Gasteiger partial charge in [-0.05, 0) is 19.9 Å². The summed E-state index contributed by atoms with van der Waals surface area (Å²) in [5, 5.41) is 13.9. The smallest absolute Gasteiger partial charge is 0.248 e. The van der Waals surface area contributed by atoms with Crippen LogP contribution in [0.3, 0.4) is 0 Å². The van der Waals surface area contributed by atoms with Gasteiger partial charge < -0.3 is 4.90 Å². The fourth-order valence-electron chi connectivity index (χ4n) is 2.32. The van der Waals surface area contributed by atoms with Crippen LogP contribution in [-0.4, -0.2) is 34.4 Å². The molecule has 1 unspecified atom stereocenters. The number of carbonyl (C=O) groups is 1. The van der Waals surface area contributed by atoms with Crippen molar-refractivity contribution >= 4 is 5.91 Å². The zero-order valence-corrected chi connectivity index (χ0v) is 10.1. The number of carbonyl (C=O) groups excluding carboxylic acids is 1. The van der Waals surface area contributed by atoms with Crippen molar-refractivity contribution in [3.63, 3.8) is 0 Å². The van der Waals surface area contributed by atoms with Crippen LogP contribution < -0.4 is 5.32 Å². The van der Waals surface area contributed by atoms with Crippen molar-refractivity contribution in [2.45, 2.75) is 31.8 Å². The van der Waals surface area contributed by atoms with E-state index in [0.717, 1.165) is 5.70 Å². The number of hydrogen-bond donors (Lipinski definition) is 1. The quantitative estimate of drug-likeness (QED) is 0.536. The molecule has 0 bridgehead atoms. The lowest BCUT2D eigenvalue weighted by Gasteiger charge is -2.43. The van der Waals surface area contributed by atoms with Crippen LogP contribution >= 0.6 is 0 Å². The minimum atomic E-state index is -0.685. The van der Waals surface area contributed by atoms with Gasteiger partial charge in [0.25, 0.3) is 0 Å². The Bertz CT molecular complexity index is 451. The summed E-state index contributed by atoms with van der Waals surface area (Å²) in [4.78, 5) is 23.9. The monoisotopic (exact) mass is 237 g/mol. The fourth-order valence-corrected chi connectivity index (χ4v) is 2.32. The Morgan fingerprint density at radius 2 is 2.18 bits per heavy atom. The van der Waals surface area contributed by atoms with Crippen LogP contribution in [0.25, 0.3) is 0 Å². The summed E-state index contributed by atoms with van der Waals surface area (Å²) < 4.78 is 0. The molecule has 0 aromatic carbocycles. The molecule has 0 saturated carbocycles. The van der Waals surface area contributed by atoms with E-state index in [-0.39, 0.29) is 22.6 Å². The third-order valence-corrected chi connectivity index (χ3v) is 3.21. The summed E-state index contributed by atoms with van der Waals surface area (Å²) in [5.74, 6) is -0.0297. The molecule has 6 heteroatoms. The van der Waals surface area contributed by atoms with Crippen LogP contribution in [0.4, 0.5) is 0 Å². The zero-order chi connectivity index (χ0) is 12.8. The molecule has 1 atom stereocenters. The van der Waals surface area contributed by atoms with E-state index in [1.807, 2.05) is 0 Å². The van der Waals surface area contributed by atoms with E-state index >= 15 is 0 Å². The van der Waals surface area contributed by atoms with Crippen molar-refractivity contribution < 1.29 is 9.72 Å². The largest absolute Gasteiger partial charge is 0.316 e. The lowest BCUT2D eigenvalue weighted by atomic mass is 9.91. The number of hydrogen-bond acceptors (Lipinski definition) is 4. The maximum absolute atomic E-state index is 12.0. The molecule has 92 valence electrons. The Hall–Kier alpha value is -1.69. The van der Waals surface area contributed by atoms with Crippen molar-refractivity contribution in [1.29, 1.82) is 0 Å². The van der Waals surface area contributed by atoms with Gasteiger partial charge in [-0.2, -0.15) is 0 Å². The number of amides is 1. The molecule has 1 amide bonds. The highest BCUT2D eigenvalue weighted by Crippen LogP contribution is 2.29. The Labute approximate surface area is 99.1 Å². The van der Waals surface area contributed by atoms with Gasteiger partial charge in [-0.25, -0.2) is 0 Å². The van der Waals surface area contributed by atoms with Crippen molar-refractivity contribution in [2.24, 2.45) is 0 Å². The van der Waals surface area contributed by atoms with E-state index < -0.39 is 5.54 Å². The van der Waals surface area contributed by atoms with Crippen LogP contribution in [0.1, 0.15) is 20.3 Å². The van der Waals surface area contributed by atoms with Crippen LogP contribution in [0.15, 0.2) is 23.5 Å². The molecule has 1 saturated heterocycles. The summed E-state index contributed by atoms with van der Waals surface area (Å²) in [6.45, 7) is 3.57. The average molecular weight is 237 g/mol. The average Bonchev–Trinajstić information content (AvgIpc) is 2.25. The second kappa shape index (κ2) is 3.66. The van der Waals surface area contributed by atoms with Gasteiger partial charge in [0, 0.05) is 18.8 Å². The molecule has 0 radical (unpaired) electrons. The second-order valence-corrected chi connectivity index (χ2v) is 4.90. The van der Waals surface area contributed by atoms with Crippen molar-refractivity contribution in [2.75, 3.05) is 7.05 Å². The number of rotatable bonds is 1. The number of nitro groups is 1. The van der Waals surface area contributed by atoms with Crippen molar-refractivity contribution in [1.82, 2.24) is 10.2 Å². The minimum Gasteiger partial charge on any atom is -0.316 e. The highest BCUT2D eigenvalue weighted by Gasteiger charge is 2.43. The normalized spacial score (nSPS) is 27.1. The highest BCUT2D eigenvalue weighted by molar-refractivity contribution is 5.88. The van der Waals surface area contributed by atoms with Gasteiger partial charge in [-0.15, -0.1) is 0 Å². The maximum Gasteiger partial charge on any atom is 0.248 e. The third-order valence-electron chi connectivity index (χ3n) is 3.21. The predicted octanol–water partition coefficient (Wildman–Crippen LogP) is 0.643. The molecule has 17 heavy (non-hydrogen) atoms. The summed E-state index contributed by atoms with van der Waals surface area (Å²) >= 11 is 0. The molecular weight excluding hydrogens is 222 g/mol. The van der Waals surface area contributed by atoms with Crippen molar-refractivity contribution in [3.8, 4) is 0 Å². The molecule has 2 aliphatic rings. The summed E-state index contributed by atoms with van der Waals surface area (Å²) in [7, 11) is 1.70. The predicted molar refractivity (Wildman–Crippen MR) is 61.6 cm³/mol. The molecule has 1 N–H and O–H groups in total. The Balaban J connectivity index is 2.35. The standard InChI is InChI=1S/C11H15N3O3/c1-11(2)10(15)13(3)9-5-4-7(14(16)17)6-8(9)12-11/h4-5,8,12H,6H2,1-3H3. The van der Waals surface area contributed by atoms with Crippen LogP contribution in [-0.2, 0) is 4.79 Å². The van der Waals surface area contributed by atoms with E-state index in [9.17, 15) is 14.9 Å². The SMILES string of the molecule is CN1C(=O)C(C)(C)NC2CC([N+](=O)[O-])=CC=C21. The van der Waals surface area contributed by atoms with E-state index in [1.165, 1.54) is 6.08 Å². The fraction of sp³-hybridized carbons (Fsp3) is 0.545. The number of fused-ring (bicyclic) bond motifs is 1. The van der Waals surface area contributed by atoms with Gasteiger partial charge in [0.15, 0.2) is 0 Å². The summed E-state index contributed by atoms with van der Waals surface area (Å²) in [5.41, 5.74) is 0.278. The first-order valence-corrected chi connectivity index (χ1v) is 5.44. The summed E-state index contributed by atoms with van der Waals surface area (Å²) in [6.07, 6.45) is 3.42. The summed E-state index contributed by atoms with van der Waals surface area (Å²) in [6, 6.07) is -0.168. The van der Waals surface area contributed by atoms with Gasteiger partial charge in [-0.3, -0.25) is 20.2 Å². The molecule has 0 aromatic heterocycles. The van der Waals surface area contributed by atoms with Crippen molar-refractivity contribution in [3.05, 3.63) is 33.7 Å². The van der Waals surface area contributed by atoms with Gasteiger partial charge in [0.2, 0.25) is 11.6 Å². The molecule has 1 fully saturated rings. The maximum atomic E-state index is 12.0. The molecule has 0 aromatic rings. The Kier molecular flexibility index (Phi) is 2.54. The lowest BCUT2D eigenvalue weighted by Crippen LogP contribution is -2.63. The first kappa shape index (κ1) is 11.8. The molecule has 6 nitrogen and oxygen atoms in total. The molecule has 1 aliphatic carbocycles. The Morgan fingerprint density at radius 1 is 1.53 bits per heavy atom. The minimum absolute atomic E-state index is 0.0297. The van der Waals surface area contributed by atoms with Gasteiger partial charge in [0.05, 0.1) is 22.9 Å². The number of nitrogens with zero attached hydrogens (tertiary/aromatic N) is 2. The van der Waals surface area contributed by atoms with Gasteiger partial charge >= 0.3 is 0 Å². The van der Waals surface area contributed by atoms with Gasteiger partial charge in [-0.1, -0.05) is 0 Å². The number of likely N-dealkylation sites (N-methyl/N-ethyl adjacent to an activating group) is 1. The zero-order valence-electron chi connectivity index (χ0n) is 10.1. The van der Waals surface area contributed by atoms with E-state index in [0.29, 0.717) is 6.42 Å². The number of allylic oxidation sites excluding steroid dienone is 2. The first-order chi connectivity index (χ1) is 7.83. The van der Waals surface area contributed by atoms with E-state index in [2.05, 4.69) is 5.32 Å². The molecule has 1 heterocycles. The second-order valence-electron chi connectivity index (χ2n) is 4.90. The molecule has 1 aliphatic heterocycles. The number of nitrogens with one attached hydrogen (secondary N) is 1. The highest BCUT2D eigenvalue weighted by atomic mass is 16.6. The molecule has 2 rings (SSSR count). The molecular formula is C11H15N3O3. The van der Waals surface area contributed by atoms with E-state index in [1.54, 1.807) is 31.9 Å². The van der Waals surface area contributed by atoms with Crippen LogP contribution in [0.2, 0.25) is 0 Å². The third kappa shape index (κ3) is 1.84. The Morgan fingerprint density at radius 3 is 2.76 bits per heavy atom.